The number of carbonyl (C=O) groups excluding carboxylic acids is 1. The Morgan fingerprint density at radius 3 is 3.11 bits per heavy atom. The third-order valence-corrected chi connectivity index (χ3v) is 4.20. The van der Waals surface area contributed by atoms with Crippen molar-refractivity contribution in [3.8, 4) is 0 Å². The quantitative estimate of drug-likeness (QED) is 0.858. The number of rotatable bonds is 3. The monoisotopic (exact) mass is 248 g/mol. The summed E-state index contributed by atoms with van der Waals surface area (Å²) in [5, 5.41) is 6.42. The van der Waals surface area contributed by atoms with Crippen LogP contribution in [-0.2, 0) is 11.3 Å². The van der Waals surface area contributed by atoms with Crippen molar-refractivity contribution in [2.24, 2.45) is 5.92 Å². The van der Waals surface area contributed by atoms with E-state index in [-0.39, 0.29) is 11.9 Å². The van der Waals surface area contributed by atoms with Gasteiger partial charge in [-0.15, -0.1) is 0 Å². The first-order valence-electron chi connectivity index (χ1n) is 6.89. The molecule has 2 N–H and O–H groups in total. The third-order valence-electron chi connectivity index (χ3n) is 4.20. The molecular weight excluding hydrogens is 228 g/mol. The van der Waals surface area contributed by atoms with Crippen molar-refractivity contribution in [1.82, 2.24) is 10.6 Å². The van der Waals surface area contributed by atoms with Gasteiger partial charge in [0.1, 0.15) is 5.76 Å². The van der Waals surface area contributed by atoms with Crippen molar-refractivity contribution in [3.05, 3.63) is 24.2 Å². The lowest BCUT2D eigenvalue weighted by atomic mass is 9.85. The fourth-order valence-corrected chi connectivity index (χ4v) is 3.23. The fourth-order valence-electron chi connectivity index (χ4n) is 3.23. The summed E-state index contributed by atoms with van der Waals surface area (Å²) in [6.45, 7) is 0.485. The van der Waals surface area contributed by atoms with Crippen molar-refractivity contribution >= 4 is 5.91 Å². The summed E-state index contributed by atoms with van der Waals surface area (Å²) in [4.78, 5) is 12.1. The number of hydrogen-bond acceptors (Lipinski definition) is 3. The Labute approximate surface area is 107 Å². The normalized spacial score (nSPS) is 31.0. The van der Waals surface area contributed by atoms with Crippen LogP contribution in [0.1, 0.15) is 37.9 Å². The van der Waals surface area contributed by atoms with Gasteiger partial charge in [0.05, 0.1) is 18.8 Å². The Morgan fingerprint density at radius 2 is 2.33 bits per heavy atom. The lowest BCUT2D eigenvalue weighted by Gasteiger charge is -2.24. The molecule has 0 aromatic carbocycles. The van der Waals surface area contributed by atoms with Crippen LogP contribution in [0.2, 0.25) is 0 Å². The summed E-state index contributed by atoms with van der Waals surface area (Å²) in [6.07, 6.45) is 7.75. The van der Waals surface area contributed by atoms with Crippen LogP contribution in [0.4, 0.5) is 0 Å². The molecule has 1 aromatic rings. The summed E-state index contributed by atoms with van der Waals surface area (Å²) < 4.78 is 5.21. The average Bonchev–Trinajstić information content (AvgIpc) is 3.04. The lowest BCUT2D eigenvalue weighted by Crippen LogP contribution is -2.42. The van der Waals surface area contributed by atoms with Gasteiger partial charge in [-0.1, -0.05) is 12.8 Å². The first-order chi connectivity index (χ1) is 8.83. The molecule has 0 spiro atoms. The van der Waals surface area contributed by atoms with Gasteiger partial charge in [0, 0.05) is 6.04 Å². The van der Waals surface area contributed by atoms with Gasteiger partial charge in [-0.25, -0.2) is 0 Å². The van der Waals surface area contributed by atoms with E-state index < -0.39 is 0 Å². The van der Waals surface area contributed by atoms with Crippen LogP contribution < -0.4 is 10.6 Å². The topological polar surface area (TPSA) is 54.3 Å². The van der Waals surface area contributed by atoms with E-state index >= 15 is 0 Å². The smallest absolute Gasteiger partial charge is 0.237 e. The van der Waals surface area contributed by atoms with E-state index in [9.17, 15) is 4.79 Å². The van der Waals surface area contributed by atoms with Crippen LogP contribution in [0.5, 0.6) is 0 Å². The molecule has 0 radical (unpaired) electrons. The van der Waals surface area contributed by atoms with E-state index in [1.807, 2.05) is 12.1 Å². The van der Waals surface area contributed by atoms with Gasteiger partial charge in [-0.05, 0) is 37.3 Å². The van der Waals surface area contributed by atoms with Crippen LogP contribution in [-0.4, -0.2) is 18.0 Å². The van der Waals surface area contributed by atoms with Crippen LogP contribution in [0, 0.1) is 5.92 Å². The second-order valence-electron chi connectivity index (χ2n) is 5.40. The maximum atomic E-state index is 12.1. The number of furan rings is 1. The van der Waals surface area contributed by atoms with Gasteiger partial charge >= 0.3 is 0 Å². The first-order valence-corrected chi connectivity index (χ1v) is 6.89. The van der Waals surface area contributed by atoms with Crippen molar-refractivity contribution in [1.29, 1.82) is 0 Å². The van der Waals surface area contributed by atoms with E-state index in [0.29, 0.717) is 18.5 Å². The summed E-state index contributed by atoms with van der Waals surface area (Å²) in [6, 6.07) is 4.28. The lowest BCUT2D eigenvalue weighted by molar-refractivity contribution is -0.123. The van der Waals surface area contributed by atoms with E-state index in [1.54, 1.807) is 6.26 Å². The van der Waals surface area contributed by atoms with Crippen molar-refractivity contribution < 1.29 is 9.21 Å². The SMILES string of the molecule is O=C(NCc1ccco1)C1CC2CCCCC2N1. The van der Waals surface area contributed by atoms with Gasteiger partial charge in [-0.2, -0.15) is 0 Å². The molecule has 1 saturated heterocycles. The van der Waals surface area contributed by atoms with E-state index in [2.05, 4.69) is 10.6 Å². The van der Waals surface area contributed by atoms with Gasteiger partial charge < -0.3 is 15.1 Å². The van der Waals surface area contributed by atoms with Gasteiger partial charge in [0.2, 0.25) is 5.91 Å². The van der Waals surface area contributed by atoms with E-state index in [0.717, 1.165) is 12.2 Å². The maximum absolute atomic E-state index is 12.1. The molecule has 3 rings (SSSR count). The molecule has 2 heterocycles. The molecule has 1 amide bonds. The molecule has 18 heavy (non-hydrogen) atoms. The average molecular weight is 248 g/mol. The molecular formula is C14H20N2O2. The van der Waals surface area contributed by atoms with Crippen molar-refractivity contribution in [3.63, 3.8) is 0 Å². The predicted octanol–water partition coefficient (Wildman–Crippen LogP) is 1.82. The highest BCUT2D eigenvalue weighted by molar-refractivity contribution is 5.82. The van der Waals surface area contributed by atoms with E-state index in [4.69, 9.17) is 4.42 Å². The third kappa shape index (κ3) is 2.43. The number of nitrogens with one attached hydrogen (secondary N) is 2. The highest BCUT2D eigenvalue weighted by Gasteiger charge is 2.37. The van der Waals surface area contributed by atoms with E-state index in [1.165, 1.54) is 25.7 Å². The van der Waals surface area contributed by atoms with Crippen molar-refractivity contribution in [2.45, 2.75) is 50.7 Å². The molecule has 4 heteroatoms. The molecule has 1 aliphatic heterocycles. The molecule has 3 unspecified atom stereocenters. The second kappa shape index (κ2) is 5.14. The van der Waals surface area contributed by atoms with Crippen LogP contribution in [0.25, 0.3) is 0 Å². The molecule has 1 aromatic heterocycles. The van der Waals surface area contributed by atoms with Crippen LogP contribution in [0.15, 0.2) is 22.8 Å². The van der Waals surface area contributed by atoms with Gasteiger partial charge in [0.25, 0.3) is 0 Å². The molecule has 98 valence electrons. The summed E-state index contributed by atoms with van der Waals surface area (Å²) in [5.74, 6) is 1.62. The minimum absolute atomic E-state index is 0.00642. The first kappa shape index (κ1) is 11.8. The molecule has 2 fully saturated rings. The van der Waals surface area contributed by atoms with Gasteiger partial charge in [-0.3, -0.25) is 4.79 Å². The number of amides is 1. The fraction of sp³-hybridized carbons (Fsp3) is 0.643. The molecule has 0 bridgehead atoms. The highest BCUT2D eigenvalue weighted by Crippen LogP contribution is 2.33. The standard InChI is InChI=1S/C14H20N2O2/c17-14(15-9-11-5-3-7-18-11)13-8-10-4-1-2-6-12(10)16-13/h3,5,7,10,12-13,16H,1-2,4,6,8-9H2,(H,15,17). The Bertz CT molecular complexity index is 388. The zero-order valence-electron chi connectivity index (χ0n) is 10.5. The second-order valence-corrected chi connectivity index (χ2v) is 5.40. The summed E-state index contributed by atoms with van der Waals surface area (Å²) >= 11 is 0. The zero-order valence-corrected chi connectivity index (χ0v) is 10.5. The Kier molecular flexibility index (Phi) is 3.37. The highest BCUT2D eigenvalue weighted by atomic mass is 16.3. The molecule has 4 nitrogen and oxygen atoms in total. The largest absolute Gasteiger partial charge is 0.467 e. The van der Waals surface area contributed by atoms with Crippen LogP contribution >= 0.6 is 0 Å². The maximum Gasteiger partial charge on any atom is 0.237 e. The van der Waals surface area contributed by atoms with Gasteiger partial charge in [0.15, 0.2) is 0 Å². The Balaban J connectivity index is 1.51. The number of carbonyl (C=O) groups is 1. The minimum Gasteiger partial charge on any atom is -0.467 e. The van der Waals surface area contributed by atoms with Crippen molar-refractivity contribution in [2.75, 3.05) is 0 Å². The summed E-state index contributed by atoms with van der Waals surface area (Å²) in [5.41, 5.74) is 0. The predicted molar refractivity (Wildman–Crippen MR) is 67.8 cm³/mol. The zero-order chi connectivity index (χ0) is 12.4. The summed E-state index contributed by atoms with van der Waals surface area (Å²) in [7, 11) is 0. The Hall–Kier alpha value is -1.29. The molecule has 1 saturated carbocycles. The Morgan fingerprint density at radius 1 is 1.44 bits per heavy atom. The minimum atomic E-state index is -0.00642. The molecule has 3 atom stereocenters. The van der Waals surface area contributed by atoms with Crippen LogP contribution in [0.3, 0.4) is 0 Å². The number of hydrogen-bond donors (Lipinski definition) is 2. The molecule has 2 aliphatic rings. The molecule has 1 aliphatic carbocycles. The number of fused-ring (bicyclic) bond motifs is 1.